The zero-order chi connectivity index (χ0) is 22.1. The van der Waals surface area contributed by atoms with E-state index in [2.05, 4.69) is 5.32 Å². The number of nitrogens with zero attached hydrogens (tertiary/aromatic N) is 1. The molecular weight excluding hydrogens is 396 g/mol. The number of nitro benzene ring substituents is 1. The van der Waals surface area contributed by atoms with Crippen molar-refractivity contribution in [3.8, 4) is 11.5 Å². The van der Waals surface area contributed by atoms with Crippen molar-refractivity contribution < 1.29 is 33.5 Å². The van der Waals surface area contributed by atoms with Gasteiger partial charge < -0.3 is 19.5 Å². The molecule has 0 saturated carbocycles. The molecule has 0 unspecified atom stereocenters. The average Bonchev–Trinajstić information content (AvgIpc) is 2.75. The van der Waals surface area contributed by atoms with E-state index in [-0.39, 0.29) is 17.0 Å². The molecular formula is C20H20N2O8. The third kappa shape index (κ3) is 6.03. The summed E-state index contributed by atoms with van der Waals surface area (Å²) < 4.78 is 15.0. The number of hydrogen-bond acceptors (Lipinski definition) is 8. The van der Waals surface area contributed by atoms with Gasteiger partial charge in [0.1, 0.15) is 12.3 Å². The quantitative estimate of drug-likeness (QED) is 0.269. The Morgan fingerprint density at radius 2 is 1.73 bits per heavy atom. The number of carbonyl (C=O) groups is 3. The molecule has 0 bridgehead atoms. The van der Waals surface area contributed by atoms with Crippen LogP contribution < -0.4 is 14.8 Å². The predicted molar refractivity (Wildman–Crippen MR) is 105 cm³/mol. The maximum absolute atomic E-state index is 12.1. The molecule has 0 spiro atoms. The van der Waals surface area contributed by atoms with E-state index in [1.807, 2.05) is 6.92 Å². The third-order valence-corrected chi connectivity index (χ3v) is 3.88. The van der Waals surface area contributed by atoms with Gasteiger partial charge in [0.05, 0.1) is 18.6 Å². The van der Waals surface area contributed by atoms with Gasteiger partial charge >= 0.3 is 11.7 Å². The summed E-state index contributed by atoms with van der Waals surface area (Å²) in [7, 11) is 1.27. The summed E-state index contributed by atoms with van der Waals surface area (Å²) in [4.78, 5) is 46.3. The Morgan fingerprint density at radius 3 is 2.33 bits per heavy atom. The van der Waals surface area contributed by atoms with E-state index in [1.54, 1.807) is 24.3 Å². The molecule has 2 aromatic carbocycles. The number of nitrogens with one attached hydrogen (secondary N) is 1. The van der Waals surface area contributed by atoms with Crippen molar-refractivity contribution in [3.63, 3.8) is 0 Å². The molecule has 2 rings (SSSR count). The first-order valence-electron chi connectivity index (χ1n) is 8.88. The van der Waals surface area contributed by atoms with E-state index < -0.39 is 35.7 Å². The monoisotopic (exact) mass is 416 g/mol. The Morgan fingerprint density at radius 1 is 1.07 bits per heavy atom. The van der Waals surface area contributed by atoms with E-state index in [9.17, 15) is 24.5 Å². The highest BCUT2D eigenvalue weighted by Crippen LogP contribution is 2.27. The number of methoxy groups -OCH3 is 1. The normalized spacial score (nSPS) is 10.1. The average molecular weight is 416 g/mol. The first-order valence-corrected chi connectivity index (χ1v) is 8.88. The van der Waals surface area contributed by atoms with Crippen LogP contribution in [0.25, 0.3) is 0 Å². The second-order valence-electron chi connectivity index (χ2n) is 5.87. The van der Waals surface area contributed by atoms with Gasteiger partial charge in [-0.2, -0.15) is 0 Å². The maximum atomic E-state index is 12.1. The number of benzene rings is 2. The lowest BCUT2D eigenvalue weighted by atomic mass is 10.1. The molecule has 0 aliphatic carbocycles. The molecule has 0 radical (unpaired) electrons. The van der Waals surface area contributed by atoms with Crippen LogP contribution in [0.1, 0.15) is 27.6 Å². The van der Waals surface area contributed by atoms with Gasteiger partial charge in [-0.05, 0) is 43.3 Å². The van der Waals surface area contributed by atoms with Crippen LogP contribution >= 0.6 is 0 Å². The number of esters is 1. The Bertz CT molecular complexity index is 940. The number of ether oxygens (including phenoxy) is 3. The molecule has 1 N–H and O–H groups in total. The topological polar surface area (TPSA) is 134 Å². The molecule has 30 heavy (non-hydrogen) atoms. The molecule has 0 aromatic heterocycles. The molecule has 1 amide bonds. The molecule has 0 heterocycles. The number of nitro groups is 1. The van der Waals surface area contributed by atoms with E-state index in [0.717, 1.165) is 6.07 Å². The smallest absolute Gasteiger partial charge is 0.325 e. The highest BCUT2D eigenvalue weighted by molar-refractivity contribution is 5.99. The van der Waals surface area contributed by atoms with Crippen LogP contribution in [0, 0.1) is 10.1 Å². The van der Waals surface area contributed by atoms with Gasteiger partial charge in [-0.15, -0.1) is 0 Å². The molecule has 0 atom stereocenters. The van der Waals surface area contributed by atoms with Gasteiger partial charge in [-0.1, -0.05) is 0 Å². The fourth-order valence-electron chi connectivity index (χ4n) is 2.41. The number of Topliss-reactive ketones (excluding diaryl/α,β-unsaturated/α-hetero) is 1. The molecule has 0 saturated heterocycles. The van der Waals surface area contributed by atoms with Crippen LogP contribution in [0.15, 0.2) is 42.5 Å². The van der Waals surface area contributed by atoms with E-state index >= 15 is 0 Å². The summed E-state index contributed by atoms with van der Waals surface area (Å²) in [6.45, 7) is 1.35. The molecule has 2 aromatic rings. The highest BCUT2D eigenvalue weighted by atomic mass is 16.6. The number of rotatable bonds is 10. The lowest BCUT2D eigenvalue weighted by Gasteiger charge is -2.08. The lowest BCUT2D eigenvalue weighted by molar-refractivity contribution is -0.385. The molecule has 158 valence electrons. The van der Waals surface area contributed by atoms with Crippen molar-refractivity contribution in [2.45, 2.75) is 6.92 Å². The van der Waals surface area contributed by atoms with Crippen LogP contribution in [0.2, 0.25) is 0 Å². The Labute approximate surface area is 171 Å². The van der Waals surface area contributed by atoms with Gasteiger partial charge in [-0.25, -0.2) is 0 Å². The van der Waals surface area contributed by atoms with E-state index in [1.165, 1.54) is 19.2 Å². The summed E-state index contributed by atoms with van der Waals surface area (Å²) in [5.41, 5.74) is -0.0599. The standard InChI is InChI=1S/C20H20N2O8/c1-3-29-15-7-4-13(5-8-15)17(23)12-30-19(24)11-21-20(25)14-6-9-18(28-2)16(10-14)22(26)27/h4-10H,3,11-12H2,1-2H3,(H,21,25). The first kappa shape index (κ1) is 22.3. The first-order chi connectivity index (χ1) is 14.3. The molecule has 0 aliphatic heterocycles. The van der Waals surface area contributed by atoms with Crippen LogP contribution in [-0.4, -0.2) is 49.5 Å². The van der Waals surface area contributed by atoms with Crippen molar-refractivity contribution in [1.82, 2.24) is 5.32 Å². The van der Waals surface area contributed by atoms with Crippen molar-refractivity contribution in [2.75, 3.05) is 26.9 Å². The molecule has 0 fully saturated rings. The van der Waals surface area contributed by atoms with E-state index in [0.29, 0.717) is 17.9 Å². The SMILES string of the molecule is CCOc1ccc(C(=O)COC(=O)CNC(=O)c2ccc(OC)c([N+](=O)[O-])c2)cc1. The number of amides is 1. The van der Waals surface area contributed by atoms with Crippen LogP contribution in [0.3, 0.4) is 0 Å². The van der Waals surface area contributed by atoms with E-state index in [4.69, 9.17) is 14.2 Å². The van der Waals surface area contributed by atoms with Crippen molar-refractivity contribution in [2.24, 2.45) is 0 Å². The van der Waals surface area contributed by atoms with Gasteiger partial charge in [0.2, 0.25) is 0 Å². The largest absolute Gasteiger partial charge is 0.494 e. The third-order valence-electron chi connectivity index (χ3n) is 3.88. The highest BCUT2D eigenvalue weighted by Gasteiger charge is 2.19. The van der Waals surface area contributed by atoms with Crippen molar-refractivity contribution in [1.29, 1.82) is 0 Å². The fraction of sp³-hybridized carbons (Fsp3) is 0.250. The van der Waals surface area contributed by atoms with Crippen molar-refractivity contribution in [3.05, 3.63) is 63.7 Å². The van der Waals surface area contributed by atoms with Crippen molar-refractivity contribution >= 4 is 23.3 Å². The second-order valence-corrected chi connectivity index (χ2v) is 5.87. The Kier molecular flexibility index (Phi) is 7.86. The van der Waals surface area contributed by atoms with Gasteiger partial charge in [0.15, 0.2) is 18.1 Å². The predicted octanol–water partition coefficient (Wildman–Crippen LogP) is 2.16. The zero-order valence-electron chi connectivity index (χ0n) is 16.4. The van der Waals surface area contributed by atoms with Gasteiger partial charge in [0, 0.05) is 17.2 Å². The van der Waals surface area contributed by atoms with Crippen LogP contribution in [0.5, 0.6) is 11.5 Å². The van der Waals surface area contributed by atoms with Crippen LogP contribution in [0.4, 0.5) is 5.69 Å². The maximum Gasteiger partial charge on any atom is 0.325 e. The minimum atomic E-state index is -0.828. The lowest BCUT2D eigenvalue weighted by Crippen LogP contribution is -2.31. The fourth-order valence-corrected chi connectivity index (χ4v) is 2.41. The summed E-state index contributed by atoms with van der Waals surface area (Å²) in [6, 6.07) is 10.0. The molecule has 0 aliphatic rings. The van der Waals surface area contributed by atoms with Gasteiger partial charge in [-0.3, -0.25) is 24.5 Å². The minimum Gasteiger partial charge on any atom is -0.494 e. The Balaban J connectivity index is 1.85. The molecule has 10 nitrogen and oxygen atoms in total. The number of ketones is 1. The number of hydrogen-bond donors (Lipinski definition) is 1. The summed E-state index contributed by atoms with van der Waals surface area (Å²) in [5.74, 6) is -1.33. The summed E-state index contributed by atoms with van der Waals surface area (Å²) in [5, 5.41) is 13.3. The number of carbonyl (C=O) groups excluding carboxylic acids is 3. The summed E-state index contributed by atoms with van der Waals surface area (Å²) >= 11 is 0. The zero-order valence-corrected chi connectivity index (χ0v) is 16.4. The minimum absolute atomic E-state index is 0.00348. The van der Waals surface area contributed by atoms with Crippen LogP contribution in [-0.2, 0) is 9.53 Å². The second kappa shape index (κ2) is 10.6. The van der Waals surface area contributed by atoms with Gasteiger partial charge in [0.25, 0.3) is 5.91 Å². The molecule has 10 heteroatoms. The summed E-state index contributed by atoms with van der Waals surface area (Å²) in [6.07, 6.45) is 0. The Hall–Kier alpha value is -3.95.